The van der Waals surface area contributed by atoms with Gasteiger partial charge in [-0.1, -0.05) is 0 Å². The molecule has 4 N–H and O–H groups in total. The van der Waals surface area contributed by atoms with Crippen LogP contribution in [0.1, 0.15) is 18.1 Å². The van der Waals surface area contributed by atoms with Crippen molar-refractivity contribution in [2.45, 2.75) is 36.7 Å². The average Bonchev–Trinajstić information content (AvgIpc) is 2.35. The first kappa shape index (κ1) is 21.2. The molecule has 25 heavy (non-hydrogen) atoms. The van der Waals surface area contributed by atoms with Crippen LogP contribution in [0.25, 0.3) is 0 Å². The summed E-state index contributed by atoms with van der Waals surface area (Å²) in [5, 5.41) is 37.2. The quantitative estimate of drug-likeness (QED) is 0.464. The van der Waals surface area contributed by atoms with Crippen LogP contribution >= 0.6 is 0 Å². The molecule has 0 aliphatic carbocycles. The van der Waals surface area contributed by atoms with Crippen LogP contribution in [0.2, 0.25) is 0 Å². The Bertz CT molecular complexity index is 644. The Morgan fingerprint density at radius 1 is 0.640 bits per heavy atom. The molecule has 0 spiro atoms. The Morgan fingerprint density at radius 2 is 0.960 bits per heavy atom. The minimum absolute atomic E-state index is 0.0425. The van der Waals surface area contributed by atoms with E-state index in [1.54, 1.807) is 0 Å². The van der Waals surface area contributed by atoms with Gasteiger partial charge in [0.15, 0.2) is 5.60 Å². The zero-order chi connectivity index (χ0) is 20.2. The van der Waals surface area contributed by atoms with Gasteiger partial charge in [0, 0.05) is 11.1 Å². The van der Waals surface area contributed by atoms with E-state index >= 15 is 0 Å². The van der Waals surface area contributed by atoms with Crippen molar-refractivity contribution >= 4 is 0 Å². The van der Waals surface area contributed by atoms with Gasteiger partial charge in [-0.25, -0.2) is 0 Å². The largest absolute Gasteiger partial charge is 0.508 e. The highest BCUT2D eigenvalue weighted by molar-refractivity contribution is 5.51. The number of rotatable bonds is 2. The highest BCUT2D eigenvalue weighted by Gasteiger charge is 2.72. The van der Waals surface area contributed by atoms with E-state index in [1.165, 1.54) is 0 Å². The first-order valence-electron chi connectivity index (χ1n) is 6.00. The number of alkyl halides is 9. The summed E-state index contributed by atoms with van der Waals surface area (Å²) in [4.78, 5) is 0. The number of benzene rings is 1. The van der Waals surface area contributed by atoms with Crippen molar-refractivity contribution in [1.29, 1.82) is 0 Å². The van der Waals surface area contributed by atoms with Crippen molar-refractivity contribution < 1.29 is 59.9 Å². The lowest BCUT2D eigenvalue weighted by Crippen LogP contribution is -2.54. The maximum Gasteiger partial charge on any atom is 0.430 e. The molecule has 0 saturated heterocycles. The Morgan fingerprint density at radius 3 is 1.28 bits per heavy atom. The minimum Gasteiger partial charge on any atom is -0.508 e. The fraction of sp³-hybridized carbons (Fsp3) is 0.500. The predicted molar refractivity (Wildman–Crippen MR) is 61.4 cm³/mol. The Hall–Kier alpha value is -1.89. The number of aromatic hydroxyl groups is 2. The van der Waals surface area contributed by atoms with Crippen LogP contribution in [0.4, 0.5) is 39.5 Å². The maximum atomic E-state index is 12.7. The van der Waals surface area contributed by atoms with E-state index in [-0.39, 0.29) is 13.0 Å². The monoisotopic (exact) mass is 388 g/mol. The molecule has 0 bridgehead atoms. The second-order valence-corrected chi connectivity index (χ2v) is 5.16. The molecule has 0 fully saturated rings. The Kier molecular flexibility index (Phi) is 4.70. The fourth-order valence-corrected chi connectivity index (χ4v) is 1.88. The third kappa shape index (κ3) is 3.17. The van der Waals surface area contributed by atoms with E-state index in [0.29, 0.717) is 0 Å². The van der Waals surface area contributed by atoms with Crippen molar-refractivity contribution in [2.24, 2.45) is 0 Å². The third-order valence-electron chi connectivity index (χ3n) is 3.40. The molecule has 0 saturated carbocycles. The number of hydrogen-bond acceptors (Lipinski definition) is 4. The summed E-state index contributed by atoms with van der Waals surface area (Å²) in [7, 11) is 0. The fourth-order valence-electron chi connectivity index (χ4n) is 1.88. The molecule has 4 nitrogen and oxygen atoms in total. The Labute approximate surface area is 132 Å². The van der Waals surface area contributed by atoms with E-state index < -0.39 is 58.4 Å². The van der Waals surface area contributed by atoms with Gasteiger partial charge in [0.25, 0.3) is 5.60 Å². The van der Waals surface area contributed by atoms with Gasteiger partial charge in [-0.2, -0.15) is 39.5 Å². The van der Waals surface area contributed by atoms with Crippen LogP contribution in [0.3, 0.4) is 0 Å². The summed E-state index contributed by atoms with van der Waals surface area (Å²) in [6.07, 6.45) is -18.4. The number of aliphatic hydroxyl groups is 2. The van der Waals surface area contributed by atoms with Gasteiger partial charge in [-0.15, -0.1) is 0 Å². The lowest BCUT2D eigenvalue weighted by molar-refractivity contribution is -0.376. The van der Waals surface area contributed by atoms with Crippen LogP contribution < -0.4 is 0 Å². The summed E-state index contributed by atoms with van der Waals surface area (Å²) < 4.78 is 114. The van der Waals surface area contributed by atoms with E-state index in [0.717, 1.165) is 0 Å². The van der Waals surface area contributed by atoms with E-state index in [9.17, 15) is 54.8 Å². The molecule has 1 atom stereocenters. The first-order valence-corrected chi connectivity index (χ1v) is 6.00. The molecule has 0 radical (unpaired) electrons. The molecule has 0 aliphatic heterocycles. The second-order valence-electron chi connectivity index (χ2n) is 5.16. The standard InChI is InChI=1S/C12H9F9O4/c1-8(24,10(13,14)15)4-2-7(23)5(3-6(4)22)9(25,11(16,17)18)12(19,20)21/h2-3,22-25H,1H3. The molecule has 0 heterocycles. The summed E-state index contributed by atoms with van der Waals surface area (Å²) in [5.74, 6) is -3.93. The van der Waals surface area contributed by atoms with E-state index in [4.69, 9.17) is 5.11 Å². The summed E-state index contributed by atoms with van der Waals surface area (Å²) >= 11 is 0. The highest BCUT2D eigenvalue weighted by Crippen LogP contribution is 2.54. The summed E-state index contributed by atoms with van der Waals surface area (Å²) in [6, 6.07) is -0.896. The molecule has 13 heteroatoms. The van der Waals surface area contributed by atoms with Gasteiger partial charge < -0.3 is 20.4 Å². The predicted octanol–water partition coefficient (Wildman–Crippen LogP) is 3.18. The summed E-state index contributed by atoms with van der Waals surface area (Å²) in [6.45, 7) is 0.0425. The number of phenolic OH excluding ortho intramolecular Hbond substituents is 2. The van der Waals surface area contributed by atoms with Crippen LogP contribution in [0.15, 0.2) is 12.1 Å². The van der Waals surface area contributed by atoms with Crippen LogP contribution in [-0.4, -0.2) is 39.0 Å². The van der Waals surface area contributed by atoms with Gasteiger partial charge in [0.2, 0.25) is 0 Å². The van der Waals surface area contributed by atoms with Crippen LogP contribution in [0.5, 0.6) is 11.5 Å². The Balaban J connectivity index is 3.76. The van der Waals surface area contributed by atoms with Crippen molar-refractivity contribution in [2.75, 3.05) is 0 Å². The molecule has 0 aromatic heterocycles. The van der Waals surface area contributed by atoms with E-state index in [1.807, 2.05) is 0 Å². The first-order chi connectivity index (χ1) is 10.8. The number of phenols is 2. The van der Waals surface area contributed by atoms with Gasteiger partial charge >= 0.3 is 18.5 Å². The highest BCUT2D eigenvalue weighted by atomic mass is 19.4. The summed E-state index contributed by atoms with van der Waals surface area (Å²) in [5.41, 5.74) is -13.6. The molecular formula is C12H9F9O4. The zero-order valence-corrected chi connectivity index (χ0v) is 11.8. The smallest absolute Gasteiger partial charge is 0.430 e. The van der Waals surface area contributed by atoms with Crippen LogP contribution in [-0.2, 0) is 11.2 Å². The van der Waals surface area contributed by atoms with Crippen molar-refractivity contribution in [1.82, 2.24) is 0 Å². The molecule has 144 valence electrons. The minimum atomic E-state index is -6.44. The molecule has 1 aromatic rings. The average molecular weight is 388 g/mol. The topological polar surface area (TPSA) is 80.9 Å². The van der Waals surface area contributed by atoms with Crippen molar-refractivity contribution in [3.05, 3.63) is 23.3 Å². The lowest BCUT2D eigenvalue weighted by atomic mass is 9.86. The molecule has 0 amide bonds. The second kappa shape index (κ2) is 5.56. The number of hydrogen-bond donors (Lipinski definition) is 4. The van der Waals surface area contributed by atoms with Gasteiger partial charge in [-0.3, -0.25) is 0 Å². The maximum absolute atomic E-state index is 12.7. The van der Waals surface area contributed by atoms with Crippen molar-refractivity contribution in [3.63, 3.8) is 0 Å². The van der Waals surface area contributed by atoms with Gasteiger partial charge in [0.1, 0.15) is 11.5 Å². The zero-order valence-electron chi connectivity index (χ0n) is 11.8. The molecular weight excluding hydrogens is 379 g/mol. The normalized spacial score (nSPS) is 16.6. The lowest BCUT2D eigenvalue weighted by Gasteiger charge is -2.34. The molecule has 1 rings (SSSR count). The van der Waals surface area contributed by atoms with Crippen LogP contribution in [0, 0.1) is 0 Å². The molecule has 1 aromatic carbocycles. The van der Waals surface area contributed by atoms with Crippen molar-refractivity contribution in [3.8, 4) is 11.5 Å². The molecule has 0 aliphatic rings. The third-order valence-corrected chi connectivity index (χ3v) is 3.40. The van der Waals surface area contributed by atoms with Gasteiger partial charge in [-0.05, 0) is 19.1 Å². The van der Waals surface area contributed by atoms with E-state index in [2.05, 4.69) is 0 Å². The molecule has 1 unspecified atom stereocenters. The van der Waals surface area contributed by atoms with Gasteiger partial charge in [0.05, 0.1) is 0 Å². The SMILES string of the molecule is CC(O)(c1cc(O)c(C(O)(C(F)(F)F)C(F)(F)F)cc1O)C(F)(F)F. The number of halogens is 9.